The lowest BCUT2D eigenvalue weighted by atomic mass is 9.85. The van der Waals surface area contributed by atoms with Crippen molar-refractivity contribution in [1.29, 1.82) is 0 Å². The maximum atomic E-state index is 12.8. The quantitative estimate of drug-likeness (QED) is 0.733. The third-order valence-corrected chi connectivity index (χ3v) is 6.00. The van der Waals surface area contributed by atoms with Gasteiger partial charge in [0.25, 0.3) is 0 Å². The molecular weight excluding hydrogens is 370 g/mol. The summed E-state index contributed by atoms with van der Waals surface area (Å²) < 4.78 is 2.08. The summed E-state index contributed by atoms with van der Waals surface area (Å²) in [7, 11) is 0. The second-order valence-electron chi connectivity index (χ2n) is 8.07. The largest absolute Gasteiger partial charge is 0.465 e. The van der Waals surface area contributed by atoms with Crippen molar-refractivity contribution in [2.75, 3.05) is 5.32 Å². The van der Waals surface area contributed by atoms with Gasteiger partial charge in [0.2, 0.25) is 5.91 Å². The van der Waals surface area contributed by atoms with Gasteiger partial charge in [0.05, 0.1) is 6.20 Å². The van der Waals surface area contributed by atoms with Gasteiger partial charge in [0, 0.05) is 36.0 Å². The Kier molecular flexibility index (Phi) is 5.51. The topological polar surface area (TPSA) is 109 Å². The maximum absolute atomic E-state index is 12.8. The van der Waals surface area contributed by atoms with Crippen LogP contribution in [0.1, 0.15) is 49.8 Å². The number of carbonyl (C=O) groups is 2. The molecule has 2 atom stereocenters. The number of rotatable bonds is 4. The zero-order valence-electron chi connectivity index (χ0n) is 16.6. The van der Waals surface area contributed by atoms with Crippen molar-refractivity contribution in [3.8, 4) is 11.1 Å². The first-order valence-electron chi connectivity index (χ1n) is 10.3. The summed E-state index contributed by atoms with van der Waals surface area (Å²) in [4.78, 5) is 28.1. The first kappa shape index (κ1) is 19.4. The van der Waals surface area contributed by atoms with Crippen molar-refractivity contribution in [3.05, 3.63) is 29.7 Å². The Bertz CT molecular complexity index is 923. The highest BCUT2D eigenvalue weighted by Crippen LogP contribution is 2.32. The van der Waals surface area contributed by atoms with Crippen molar-refractivity contribution in [1.82, 2.24) is 20.1 Å². The predicted octanol–water partition coefficient (Wildman–Crippen LogP) is 3.35. The van der Waals surface area contributed by atoms with E-state index in [0.717, 1.165) is 55.3 Å². The number of aromatic nitrogens is 3. The molecule has 2 aromatic heterocycles. The van der Waals surface area contributed by atoms with Gasteiger partial charge in [-0.2, -0.15) is 5.10 Å². The van der Waals surface area contributed by atoms with Crippen LogP contribution in [0.15, 0.2) is 18.5 Å². The number of fused-ring (bicyclic) bond motifs is 1. The molecule has 1 fully saturated rings. The molecule has 0 bridgehead atoms. The van der Waals surface area contributed by atoms with Gasteiger partial charge in [0.15, 0.2) is 0 Å². The van der Waals surface area contributed by atoms with Crippen LogP contribution in [0.4, 0.5) is 10.6 Å². The smallest absolute Gasteiger partial charge is 0.404 e. The number of hydrogen-bond donors (Lipinski definition) is 3. The molecule has 3 heterocycles. The van der Waals surface area contributed by atoms with Crippen LogP contribution < -0.4 is 10.6 Å². The minimum Gasteiger partial charge on any atom is -0.465 e. The number of nitrogens with one attached hydrogen (secondary N) is 2. The first-order chi connectivity index (χ1) is 14.0. The molecule has 8 heteroatoms. The minimum atomic E-state index is -1.04. The molecule has 1 saturated carbocycles. The second kappa shape index (κ2) is 8.23. The van der Waals surface area contributed by atoms with Crippen molar-refractivity contribution in [2.45, 2.75) is 64.5 Å². The number of pyridine rings is 1. The number of nitrogens with zero attached hydrogens (tertiary/aromatic N) is 3. The lowest BCUT2D eigenvalue weighted by Gasteiger charge is -2.28. The Labute approximate surface area is 169 Å². The van der Waals surface area contributed by atoms with E-state index in [9.17, 15) is 9.59 Å². The fourth-order valence-corrected chi connectivity index (χ4v) is 4.49. The summed E-state index contributed by atoms with van der Waals surface area (Å²) in [6.07, 6.45) is 8.89. The average molecular weight is 397 g/mol. The Morgan fingerprint density at radius 1 is 1.17 bits per heavy atom. The molecule has 2 aromatic rings. The van der Waals surface area contributed by atoms with Gasteiger partial charge in [-0.3, -0.25) is 9.48 Å². The van der Waals surface area contributed by atoms with E-state index in [1.54, 1.807) is 6.20 Å². The molecule has 4 rings (SSSR count). The van der Waals surface area contributed by atoms with E-state index in [1.807, 2.05) is 19.2 Å². The molecule has 0 aromatic carbocycles. The zero-order chi connectivity index (χ0) is 20.4. The van der Waals surface area contributed by atoms with Crippen LogP contribution in [0.3, 0.4) is 0 Å². The summed E-state index contributed by atoms with van der Waals surface area (Å²) in [5.74, 6) is 0.219. The van der Waals surface area contributed by atoms with E-state index in [2.05, 4.69) is 25.4 Å². The SMILES string of the molecule is Cc1cnc(NC(=O)[C@H]2CCC[C@@H](NC(=O)O)C2)cc1-c1cnn2c1CCCC2. The predicted molar refractivity (Wildman–Crippen MR) is 109 cm³/mol. The van der Waals surface area contributed by atoms with E-state index in [4.69, 9.17) is 5.11 Å². The monoisotopic (exact) mass is 397 g/mol. The number of aryl methyl sites for hydroxylation is 2. The summed E-state index contributed by atoms with van der Waals surface area (Å²) in [5.41, 5.74) is 4.46. The molecule has 8 nitrogen and oxygen atoms in total. The molecule has 0 unspecified atom stereocenters. The zero-order valence-corrected chi connectivity index (χ0v) is 16.6. The van der Waals surface area contributed by atoms with Crippen LogP contribution in [-0.2, 0) is 17.8 Å². The molecule has 29 heavy (non-hydrogen) atoms. The molecule has 1 aliphatic carbocycles. The van der Waals surface area contributed by atoms with E-state index < -0.39 is 6.09 Å². The highest BCUT2D eigenvalue weighted by molar-refractivity contribution is 5.92. The van der Waals surface area contributed by atoms with Gasteiger partial charge in [0.1, 0.15) is 5.82 Å². The molecular formula is C21H27N5O3. The van der Waals surface area contributed by atoms with Crippen LogP contribution in [0, 0.1) is 12.8 Å². The lowest BCUT2D eigenvalue weighted by Crippen LogP contribution is -2.40. The summed E-state index contributed by atoms with van der Waals surface area (Å²) in [6.45, 7) is 2.97. The fraction of sp³-hybridized carbons (Fsp3) is 0.524. The second-order valence-corrected chi connectivity index (χ2v) is 8.07. The molecule has 3 N–H and O–H groups in total. The molecule has 154 valence electrons. The average Bonchev–Trinajstić information content (AvgIpc) is 3.13. The molecule has 0 saturated heterocycles. The third-order valence-electron chi connectivity index (χ3n) is 6.00. The van der Waals surface area contributed by atoms with Crippen molar-refractivity contribution >= 4 is 17.8 Å². The van der Waals surface area contributed by atoms with Gasteiger partial charge >= 0.3 is 6.09 Å². The Hall–Kier alpha value is -2.90. The van der Waals surface area contributed by atoms with E-state index in [0.29, 0.717) is 12.2 Å². The highest BCUT2D eigenvalue weighted by atomic mass is 16.4. The Morgan fingerprint density at radius 2 is 2.03 bits per heavy atom. The van der Waals surface area contributed by atoms with Gasteiger partial charge in [-0.25, -0.2) is 9.78 Å². The van der Waals surface area contributed by atoms with Gasteiger partial charge in [-0.15, -0.1) is 0 Å². The molecule has 1 aliphatic heterocycles. The van der Waals surface area contributed by atoms with Crippen LogP contribution in [0.25, 0.3) is 11.1 Å². The van der Waals surface area contributed by atoms with Crippen LogP contribution >= 0.6 is 0 Å². The van der Waals surface area contributed by atoms with Crippen molar-refractivity contribution in [3.63, 3.8) is 0 Å². The Morgan fingerprint density at radius 3 is 2.86 bits per heavy atom. The van der Waals surface area contributed by atoms with E-state index in [-0.39, 0.29) is 17.9 Å². The number of anilines is 1. The van der Waals surface area contributed by atoms with Gasteiger partial charge < -0.3 is 15.7 Å². The molecule has 2 amide bonds. The first-order valence-corrected chi connectivity index (χ1v) is 10.3. The molecule has 0 radical (unpaired) electrons. The van der Waals surface area contributed by atoms with Gasteiger partial charge in [-0.1, -0.05) is 6.42 Å². The highest BCUT2D eigenvalue weighted by Gasteiger charge is 2.28. The summed E-state index contributed by atoms with van der Waals surface area (Å²) in [5, 5.41) is 18.9. The number of carboxylic acid groups (broad SMARTS) is 1. The summed E-state index contributed by atoms with van der Waals surface area (Å²) in [6, 6.07) is 1.76. The summed E-state index contributed by atoms with van der Waals surface area (Å²) >= 11 is 0. The number of amides is 2. The number of carbonyl (C=O) groups excluding carboxylic acids is 1. The van der Waals surface area contributed by atoms with E-state index in [1.165, 1.54) is 12.1 Å². The van der Waals surface area contributed by atoms with Crippen molar-refractivity contribution in [2.24, 2.45) is 5.92 Å². The molecule has 2 aliphatic rings. The third kappa shape index (κ3) is 4.26. The van der Waals surface area contributed by atoms with Crippen molar-refractivity contribution < 1.29 is 14.7 Å². The maximum Gasteiger partial charge on any atom is 0.404 e. The number of hydrogen-bond acceptors (Lipinski definition) is 4. The standard InChI is InChI=1S/C21H27N5O3/c1-13-11-22-19(10-16(13)17-12-23-26-8-3-2-7-18(17)26)25-20(27)14-5-4-6-15(9-14)24-21(28)29/h10-12,14-15,24H,2-9H2,1H3,(H,28,29)(H,22,25,27)/t14-,15+/m0/s1. The van der Waals surface area contributed by atoms with Crippen LogP contribution in [-0.4, -0.2) is 37.9 Å². The van der Waals surface area contributed by atoms with Crippen LogP contribution in [0.5, 0.6) is 0 Å². The minimum absolute atomic E-state index is 0.0961. The van der Waals surface area contributed by atoms with E-state index >= 15 is 0 Å². The molecule has 0 spiro atoms. The lowest BCUT2D eigenvalue weighted by molar-refractivity contribution is -0.121. The van der Waals surface area contributed by atoms with Gasteiger partial charge in [-0.05, 0) is 62.6 Å². The normalized spacial score (nSPS) is 21.3. The van der Waals surface area contributed by atoms with Crippen LogP contribution in [0.2, 0.25) is 0 Å². The fourth-order valence-electron chi connectivity index (χ4n) is 4.49. The Balaban J connectivity index is 1.50.